The number of halogens is 1. The molecule has 1 heterocycles. The van der Waals surface area contributed by atoms with E-state index >= 15 is 0 Å². The van der Waals surface area contributed by atoms with Crippen LogP contribution in [0, 0.1) is 0 Å². The van der Waals surface area contributed by atoms with Crippen molar-refractivity contribution in [2.45, 2.75) is 32.6 Å². The van der Waals surface area contributed by atoms with Gasteiger partial charge in [0.1, 0.15) is 5.01 Å². The molecule has 20 heavy (non-hydrogen) atoms. The molecule has 0 bridgehead atoms. The Morgan fingerprint density at radius 3 is 2.65 bits per heavy atom. The average Bonchev–Trinajstić information content (AvgIpc) is 2.76. The molecule has 0 saturated heterocycles. The number of nitrogen functional groups attached to an aromatic ring is 1. The second-order valence-corrected chi connectivity index (χ2v) is 7.09. The SMILES string of the molecule is CC(C)(C)c1csc(CC(=O)c2ccc(Cl)cc2N)n1. The van der Waals surface area contributed by atoms with Crippen molar-refractivity contribution in [3.05, 3.63) is 44.9 Å². The Bertz CT molecular complexity index is 644. The van der Waals surface area contributed by atoms with Crippen molar-refractivity contribution in [3.63, 3.8) is 0 Å². The van der Waals surface area contributed by atoms with Crippen molar-refractivity contribution in [2.75, 3.05) is 5.73 Å². The van der Waals surface area contributed by atoms with Crippen LogP contribution in [0.25, 0.3) is 0 Å². The van der Waals surface area contributed by atoms with Crippen LogP contribution in [0.1, 0.15) is 41.8 Å². The molecule has 0 atom stereocenters. The van der Waals surface area contributed by atoms with Gasteiger partial charge in [-0.05, 0) is 18.2 Å². The predicted molar refractivity (Wildman–Crippen MR) is 84.7 cm³/mol. The molecule has 0 aliphatic rings. The molecule has 0 amide bonds. The number of carbonyl (C=O) groups excluding carboxylic acids is 1. The van der Waals surface area contributed by atoms with Gasteiger partial charge in [0, 0.05) is 27.1 Å². The molecule has 5 heteroatoms. The summed E-state index contributed by atoms with van der Waals surface area (Å²) in [6, 6.07) is 4.93. The third-order valence-electron chi connectivity index (χ3n) is 2.95. The van der Waals surface area contributed by atoms with E-state index in [-0.39, 0.29) is 17.6 Å². The number of nitrogens with two attached hydrogens (primary N) is 1. The molecular weight excluding hydrogens is 292 g/mol. The van der Waals surface area contributed by atoms with Gasteiger partial charge < -0.3 is 5.73 Å². The van der Waals surface area contributed by atoms with Crippen molar-refractivity contribution in [3.8, 4) is 0 Å². The molecule has 3 nitrogen and oxygen atoms in total. The van der Waals surface area contributed by atoms with Crippen LogP contribution in [-0.2, 0) is 11.8 Å². The molecule has 2 aromatic rings. The molecule has 0 saturated carbocycles. The molecule has 0 radical (unpaired) electrons. The zero-order chi connectivity index (χ0) is 14.9. The van der Waals surface area contributed by atoms with E-state index in [0.717, 1.165) is 10.7 Å². The topological polar surface area (TPSA) is 56.0 Å². The number of ketones is 1. The van der Waals surface area contributed by atoms with Gasteiger partial charge in [-0.1, -0.05) is 32.4 Å². The van der Waals surface area contributed by atoms with Crippen molar-refractivity contribution in [2.24, 2.45) is 0 Å². The Morgan fingerprint density at radius 2 is 2.10 bits per heavy atom. The molecule has 2 N–H and O–H groups in total. The van der Waals surface area contributed by atoms with E-state index in [1.807, 2.05) is 5.38 Å². The quantitative estimate of drug-likeness (QED) is 0.686. The van der Waals surface area contributed by atoms with E-state index in [1.54, 1.807) is 18.2 Å². The van der Waals surface area contributed by atoms with Gasteiger partial charge in [-0.25, -0.2) is 4.98 Å². The highest BCUT2D eigenvalue weighted by Crippen LogP contribution is 2.25. The first-order chi connectivity index (χ1) is 9.27. The van der Waals surface area contributed by atoms with Crippen LogP contribution < -0.4 is 5.73 Å². The minimum Gasteiger partial charge on any atom is -0.398 e. The average molecular weight is 309 g/mol. The smallest absolute Gasteiger partial charge is 0.171 e. The van der Waals surface area contributed by atoms with Gasteiger partial charge >= 0.3 is 0 Å². The molecule has 1 aromatic carbocycles. The summed E-state index contributed by atoms with van der Waals surface area (Å²) in [5.74, 6) is -0.0334. The van der Waals surface area contributed by atoms with Gasteiger partial charge in [0.2, 0.25) is 0 Å². The second kappa shape index (κ2) is 5.54. The number of Topliss-reactive ketones (excluding diaryl/α,β-unsaturated/α-hetero) is 1. The first-order valence-corrected chi connectivity index (χ1v) is 7.56. The molecule has 2 rings (SSSR count). The third kappa shape index (κ3) is 3.38. The maximum Gasteiger partial charge on any atom is 0.171 e. The normalized spacial score (nSPS) is 11.6. The van der Waals surface area contributed by atoms with E-state index in [9.17, 15) is 4.79 Å². The Labute approximate surface area is 127 Å². The number of nitrogens with zero attached hydrogens (tertiary/aromatic N) is 1. The number of hydrogen-bond acceptors (Lipinski definition) is 4. The van der Waals surface area contributed by atoms with Crippen LogP contribution in [0.4, 0.5) is 5.69 Å². The highest BCUT2D eigenvalue weighted by Gasteiger charge is 2.19. The summed E-state index contributed by atoms with van der Waals surface area (Å²) in [5, 5.41) is 3.35. The lowest BCUT2D eigenvalue weighted by molar-refractivity contribution is 0.0993. The summed E-state index contributed by atoms with van der Waals surface area (Å²) in [6.07, 6.45) is 0.270. The van der Waals surface area contributed by atoms with Gasteiger partial charge in [0.15, 0.2) is 5.78 Å². The first-order valence-electron chi connectivity index (χ1n) is 6.30. The zero-order valence-electron chi connectivity index (χ0n) is 11.7. The fourth-order valence-corrected chi connectivity index (χ4v) is 2.96. The van der Waals surface area contributed by atoms with Crippen LogP contribution in [0.5, 0.6) is 0 Å². The highest BCUT2D eigenvalue weighted by molar-refractivity contribution is 7.09. The zero-order valence-corrected chi connectivity index (χ0v) is 13.3. The van der Waals surface area contributed by atoms with E-state index in [2.05, 4.69) is 25.8 Å². The van der Waals surface area contributed by atoms with Crippen LogP contribution >= 0.6 is 22.9 Å². The number of rotatable bonds is 3. The number of anilines is 1. The fraction of sp³-hybridized carbons (Fsp3) is 0.333. The standard InChI is InChI=1S/C15H17ClN2OS/c1-15(2,3)13-8-20-14(18-13)7-12(19)10-5-4-9(16)6-11(10)17/h4-6,8H,7,17H2,1-3H3. The summed E-state index contributed by atoms with van der Waals surface area (Å²) < 4.78 is 0. The number of aromatic nitrogens is 1. The van der Waals surface area contributed by atoms with Crippen molar-refractivity contribution < 1.29 is 4.79 Å². The van der Waals surface area contributed by atoms with Crippen LogP contribution in [0.2, 0.25) is 5.02 Å². The predicted octanol–water partition coefficient (Wildman–Crippen LogP) is 4.10. The molecule has 0 spiro atoms. The lowest BCUT2D eigenvalue weighted by atomic mass is 9.93. The van der Waals surface area contributed by atoms with E-state index in [0.29, 0.717) is 16.3 Å². The summed E-state index contributed by atoms with van der Waals surface area (Å²) in [5.41, 5.74) is 7.75. The minimum atomic E-state index is -0.0334. The molecule has 0 unspecified atom stereocenters. The Balaban J connectivity index is 2.17. The number of hydrogen-bond donors (Lipinski definition) is 1. The Morgan fingerprint density at radius 1 is 1.40 bits per heavy atom. The van der Waals surface area contributed by atoms with Crippen molar-refractivity contribution >= 4 is 34.4 Å². The van der Waals surface area contributed by atoms with Crippen LogP contribution in [0.3, 0.4) is 0 Å². The number of carbonyl (C=O) groups is 1. The van der Waals surface area contributed by atoms with Gasteiger partial charge in [0.25, 0.3) is 0 Å². The maximum atomic E-state index is 12.2. The first kappa shape index (κ1) is 15.0. The van der Waals surface area contributed by atoms with E-state index in [4.69, 9.17) is 17.3 Å². The maximum absolute atomic E-state index is 12.2. The highest BCUT2D eigenvalue weighted by atomic mass is 35.5. The van der Waals surface area contributed by atoms with Gasteiger partial charge in [-0.2, -0.15) is 0 Å². The summed E-state index contributed by atoms with van der Waals surface area (Å²) in [7, 11) is 0. The monoisotopic (exact) mass is 308 g/mol. The van der Waals surface area contributed by atoms with Gasteiger partial charge in [-0.3, -0.25) is 4.79 Å². The largest absolute Gasteiger partial charge is 0.398 e. The van der Waals surface area contributed by atoms with E-state index in [1.165, 1.54) is 11.3 Å². The number of benzene rings is 1. The number of thiazole rings is 1. The molecule has 0 fully saturated rings. The molecule has 106 valence electrons. The van der Waals surface area contributed by atoms with E-state index < -0.39 is 0 Å². The third-order valence-corrected chi connectivity index (χ3v) is 4.03. The fourth-order valence-electron chi connectivity index (χ4n) is 1.76. The van der Waals surface area contributed by atoms with Crippen LogP contribution in [-0.4, -0.2) is 10.8 Å². The molecule has 0 aliphatic heterocycles. The summed E-state index contributed by atoms with van der Waals surface area (Å²) in [6.45, 7) is 6.31. The summed E-state index contributed by atoms with van der Waals surface area (Å²) in [4.78, 5) is 16.8. The van der Waals surface area contributed by atoms with Crippen LogP contribution in [0.15, 0.2) is 23.6 Å². The molecule has 1 aromatic heterocycles. The van der Waals surface area contributed by atoms with Crippen molar-refractivity contribution in [1.29, 1.82) is 0 Å². The Hall–Kier alpha value is -1.39. The lowest BCUT2D eigenvalue weighted by Crippen LogP contribution is -2.12. The Kier molecular flexibility index (Phi) is 4.16. The second-order valence-electron chi connectivity index (χ2n) is 5.71. The molecular formula is C15H17ClN2OS. The summed E-state index contributed by atoms with van der Waals surface area (Å²) >= 11 is 7.34. The lowest BCUT2D eigenvalue weighted by Gasteiger charge is -2.14. The molecule has 0 aliphatic carbocycles. The minimum absolute atomic E-state index is 0.00288. The van der Waals surface area contributed by atoms with Gasteiger partial charge in [0.05, 0.1) is 12.1 Å². The van der Waals surface area contributed by atoms with Gasteiger partial charge in [-0.15, -0.1) is 11.3 Å². The van der Waals surface area contributed by atoms with Crippen molar-refractivity contribution in [1.82, 2.24) is 4.98 Å².